The molecule has 0 aromatic heterocycles. The molecule has 0 aromatic rings. The van der Waals surface area contributed by atoms with E-state index in [1.54, 1.807) is 0 Å². The average Bonchev–Trinajstić information content (AvgIpc) is 2.19. The second-order valence-electron chi connectivity index (χ2n) is 3.84. The van der Waals surface area contributed by atoms with Gasteiger partial charge in [0.1, 0.15) is 0 Å². The maximum Gasteiger partial charge on any atom is 0.0622 e. The first-order valence-corrected chi connectivity index (χ1v) is 5.38. The number of nitrogens with zero attached hydrogens (tertiary/aromatic N) is 1. The van der Waals surface area contributed by atoms with Crippen LogP contribution < -0.4 is 0 Å². The van der Waals surface area contributed by atoms with Crippen LogP contribution >= 0.6 is 0 Å². The molecule has 2 nitrogen and oxygen atoms in total. The Morgan fingerprint density at radius 1 is 1.23 bits per heavy atom. The Bertz CT molecular complexity index is 156. The minimum absolute atomic E-state index is 0.630. The van der Waals surface area contributed by atoms with Crippen LogP contribution in [-0.4, -0.2) is 13.2 Å². The molecule has 0 unspecified atom stereocenters. The van der Waals surface area contributed by atoms with E-state index in [0.717, 1.165) is 25.6 Å². The summed E-state index contributed by atoms with van der Waals surface area (Å²) >= 11 is 0. The van der Waals surface area contributed by atoms with Gasteiger partial charge in [-0.15, -0.1) is 0 Å². The van der Waals surface area contributed by atoms with Gasteiger partial charge >= 0.3 is 0 Å². The van der Waals surface area contributed by atoms with Crippen molar-refractivity contribution in [3.05, 3.63) is 0 Å². The van der Waals surface area contributed by atoms with Gasteiger partial charge in [-0.05, 0) is 25.2 Å². The van der Waals surface area contributed by atoms with Gasteiger partial charge in [-0.1, -0.05) is 19.3 Å². The van der Waals surface area contributed by atoms with Gasteiger partial charge in [-0.2, -0.15) is 5.26 Å². The Kier molecular flexibility index (Phi) is 5.60. The number of rotatable bonds is 5. The van der Waals surface area contributed by atoms with Crippen LogP contribution in [0.1, 0.15) is 44.9 Å². The molecule has 1 aliphatic rings. The maximum absolute atomic E-state index is 8.31. The first-order valence-electron chi connectivity index (χ1n) is 5.38. The van der Waals surface area contributed by atoms with Gasteiger partial charge in [0, 0.05) is 19.6 Å². The van der Waals surface area contributed by atoms with Gasteiger partial charge < -0.3 is 4.74 Å². The van der Waals surface area contributed by atoms with Crippen molar-refractivity contribution >= 4 is 0 Å². The molecule has 0 aliphatic heterocycles. The van der Waals surface area contributed by atoms with E-state index >= 15 is 0 Å². The highest BCUT2D eigenvalue weighted by molar-refractivity contribution is 4.68. The zero-order valence-corrected chi connectivity index (χ0v) is 8.30. The molecule has 1 fully saturated rings. The summed E-state index contributed by atoms with van der Waals surface area (Å²) in [6.07, 6.45) is 8.38. The van der Waals surface area contributed by atoms with Crippen molar-refractivity contribution in [1.82, 2.24) is 0 Å². The summed E-state index contributed by atoms with van der Waals surface area (Å²) in [4.78, 5) is 0. The third kappa shape index (κ3) is 4.90. The Balaban J connectivity index is 1.90. The Morgan fingerprint density at radius 2 is 2.00 bits per heavy atom. The Labute approximate surface area is 80.9 Å². The van der Waals surface area contributed by atoms with Crippen molar-refractivity contribution in [2.24, 2.45) is 5.92 Å². The van der Waals surface area contributed by atoms with Crippen LogP contribution in [0.15, 0.2) is 0 Å². The van der Waals surface area contributed by atoms with Crippen molar-refractivity contribution in [3.63, 3.8) is 0 Å². The molecule has 1 aliphatic carbocycles. The second-order valence-corrected chi connectivity index (χ2v) is 3.84. The largest absolute Gasteiger partial charge is 0.381 e. The lowest BCUT2D eigenvalue weighted by molar-refractivity contribution is 0.0843. The van der Waals surface area contributed by atoms with E-state index in [1.807, 2.05) is 0 Å². The highest BCUT2D eigenvalue weighted by atomic mass is 16.5. The van der Waals surface area contributed by atoms with Gasteiger partial charge in [-0.25, -0.2) is 0 Å². The lowest BCUT2D eigenvalue weighted by atomic mass is 9.90. The highest BCUT2D eigenvalue weighted by Gasteiger charge is 2.12. The monoisotopic (exact) mass is 181 g/mol. The number of nitriles is 1. The van der Waals surface area contributed by atoms with E-state index in [4.69, 9.17) is 10.00 Å². The summed E-state index contributed by atoms with van der Waals surface area (Å²) in [5.41, 5.74) is 0. The van der Waals surface area contributed by atoms with E-state index in [1.165, 1.54) is 32.1 Å². The van der Waals surface area contributed by atoms with Crippen LogP contribution in [0.25, 0.3) is 0 Å². The molecule has 0 bridgehead atoms. The lowest BCUT2D eigenvalue weighted by Crippen LogP contribution is -2.13. The summed E-state index contributed by atoms with van der Waals surface area (Å²) in [6.45, 7) is 1.69. The zero-order valence-electron chi connectivity index (χ0n) is 8.30. The van der Waals surface area contributed by atoms with Crippen LogP contribution in [0.3, 0.4) is 0 Å². The fourth-order valence-electron chi connectivity index (χ4n) is 1.86. The summed E-state index contributed by atoms with van der Waals surface area (Å²) in [7, 11) is 0. The van der Waals surface area contributed by atoms with Crippen LogP contribution in [0.5, 0.6) is 0 Å². The van der Waals surface area contributed by atoms with Gasteiger partial charge in [0.25, 0.3) is 0 Å². The molecule has 0 atom stereocenters. The second kappa shape index (κ2) is 6.91. The average molecular weight is 181 g/mol. The Morgan fingerprint density at radius 3 is 2.69 bits per heavy atom. The summed E-state index contributed by atoms with van der Waals surface area (Å²) < 4.78 is 5.52. The standard InChI is InChI=1S/C11H19NO/c12-8-4-5-9-13-10-11-6-2-1-3-7-11/h11H,1-7,9-10H2. The van der Waals surface area contributed by atoms with Gasteiger partial charge in [0.05, 0.1) is 6.07 Å². The predicted octanol–water partition coefficient (Wildman–Crippen LogP) is 2.89. The molecule has 13 heavy (non-hydrogen) atoms. The maximum atomic E-state index is 8.31. The number of hydrogen-bond acceptors (Lipinski definition) is 2. The SMILES string of the molecule is N#CCCCOCC1CCCCC1. The molecule has 0 N–H and O–H groups in total. The molecule has 0 amide bonds. The van der Waals surface area contributed by atoms with Crippen molar-refractivity contribution in [1.29, 1.82) is 5.26 Å². The molecule has 0 heterocycles. The van der Waals surface area contributed by atoms with Crippen LogP contribution in [0.2, 0.25) is 0 Å². The van der Waals surface area contributed by atoms with Gasteiger partial charge in [0.2, 0.25) is 0 Å². The number of unbranched alkanes of at least 4 members (excludes halogenated alkanes) is 1. The van der Waals surface area contributed by atoms with E-state index in [9.17, 15) is 0 Å². The third-order valence-electron chi connectivity index (χ3n) is 2.66. The van der Waals surface area contributed by atoms with E-state index in [-0.39, 0.29) is 0 Å². The van der Waals surface area contributed by atoms with Gasteiger partial charge in [-0.3, -0.25) is 0 Å². The van der Waals surface area contributed by atoms with Crippen LogP contribution in [0.4, 0.5) is 0 Å². The predicted molar refractivity (Wildman–Crippen MR) is 52.2 cm³/mol. The zero-order chi connectivity index (χ0) is 9.36. The normalized spacial score (nSPS) is 18.4. The van der Waals surface area contributed by atoms with Crippen molar-refractivity contribution < 1.29 is 4.74 Å². The first kappa shape index (κ1) is 10.5. The van der Waals surface area contributed by atoms with E-state index in [2.05, 4.69) is 6.07 Å². The number of ether oxygens (including phenoxy) is 1. The fraction of sp³-hybridized carbons (Fsp3) is 0.909. The molecule has 0 saturated heterocycles. The molecule has 74 valence electrons. The third-order valence-corrected chi connectivity index (χ3v) is 2.66. The van der Waals surface area contributed by atoms with E-state index < -0.39 is 0 Å². The highest BCUT2D eigenvalue weighted by Crippen LogP contribution is 2.23. The molecule has 0 aromatic carbocycles. The van der Waals surface area contributed by atoms with Gasteiger partial charge in [0.15, 0.2) is 0 Å². The fourth-order valence-corrected chi connectivity index (χ4v) is 1.86. The topological polar surface area (TPSA) is 33.0 Å². The molecule has 1 rings (SSSR count). The van der Waals surface area contributed by atoms with Crippen molar-refractivity contribution in [2.45, 2.75) is 44.9 Å². The first-order chi connectivity index (χ1) is 6.43. The molecule has 1 saturated carbocycles. The van der Waals surface area contributed by atoms with E-state index in [0.29, 0.717) is 6.42 Å². The summed E-state index contributed by atoms with van der Waals surface area (Å²) in [5.74, 6) is 0.802. The van der Waals surface area contributed by atoms with Crippen molar-refractivity contribution in [2.75, 3.05) is 13.2 Å². The summed E-state index contributed by atoms with van der Waals surface area (Å²) in [6, 6.07) is 2.13. The molecular weight excluding hydrogens is 162 g/mol. The lowest BCUT2D eigenvalue weighted by Gasteiger charge is -2.21. The smallest absolute Gasteiger partial charge is 0.0622 e. The molecule has 0 radical (unpaired) electrons. The molecular formula is C11H19NO. The quantitative estimate of drug-likeness (QED) is 0.611. The van der Waals surface area contributed by atoms with Crippen molar-refractivity contribution in [3.8, 4) is 6.07 Å². The molecule has 2 heteroatoms. The minimum atomic E-state index is 0.630. The Hall–Kier alpha value is -0.550. The number of hydrogen-bond donors (Lipinski definition) is 0. The minimum Gasteiger partial charge on any atom is -0.381 e. The summed E-state index contributed by atoms with van der Waals surface area (Å²) in [5, 5.41) is 8.31. The molecule has 0 spiro atoms. The van der Waals surface area contributed by atoms with Crippen LogP contribution in [-0.2, 0) is 4.74 Å². The van der Waals surface area contributed by atoms with Crippen LogP contribution in [0, 0.1) is 17.2 Å².